The van der Waals surface area contributed by atoms with Crippen LogP contribution in [0, 0.1) is 0 Å². The van der Waals surface area contributed by atoms with Crippen LogP contribution in [-0.4, -0.2) is 35.7 Å². The molecule has 2 fully saturated rings. The van der Waals surface area contributed by atoms with Crippen LogP contribution in [0.2, 0.25) is 0 Å². The largest absolute Gasteiger partial charge is 0.462 e. The fourth-order valence-electron chi connectivity index (χ4n) is 4.42. The SMILES string of the molecule is Nc1cccc(C(=O)Nc2ccc3c(c2)COC2(CCN(C4CCC4)CC2)O3)c1. The van der Waals surface area contributed by atoms with Crippen molar-refractivity contribution in [2.24, 2.45) is 0 Å². The lowest BCUT2D eigenvalue weighted by Crippen LogP contribution is -2.54. The fourth-order valence-corrected chi connectivity index (χ4v) is 4.42. The van der Waals surface area contributed by atoms with Gasteiger partial charge >= 0.3 is 0 Å². The van der Waals surface area contributed by atoms with Crippen molar-refractivity contribution in [3.05, 3.63) is 53.6 Å². The lowest BCUT2D eigenvalue weighted by atomic mass is 9.89. The molecule has 0 radical (unpaired) electrons. The van der Waals surface area contributed by atoms with E-state index in [2.05, 4.69) is 10.2 Å². The third-order valence-corrected chi connectivity index (χ3v) is 6.40. The summed E-state index contributed by atoms with van der Waals surface area (Å²) in [6, 6.07) is 13.5. The highest BCUT2D eigenvalue weighted by Crippen LogP contribution is 2.40. The first-order chi connectivity index (χ1) is 14.1. The standard InChI is InChI=1S/C23H27N3O3/c24-18-4-1-3-16(13-18)22(27)25-19-7-8-21-17(14-19)15-28-23(29-21)9-11-26(12-10-23)20-5-2-6-20/h1,3-4,7-8,13-14,20H,2,5-6,9-12,15,24H2,(H,25,27). The molecule has 1 saturated carbocycles. The summed E-state index contributed by atoms with van der Waals surface area (Å²) in [5.41, 5.74) is 8.55. The smallest absolute Gasteiger partial charge is 0.255 e. The van der Waals surface area contributed by atoms with Crippen molar-refractivity contribution < 1.29 is 14.3 Å². The summed E-state index contributed by atoms with van der Waals surface area (Å²) in [6.45, 7) is 2.57. The van der Waals surface area contributed by atoms with Crippen molar-refractivity contribution in [3.8, 4) is 5.75 Å². The minimum atomic E-state index is -0.500. The van der Waals surface area contributed by atoms with Crippen molar-refractivity contribution in [2.45, 2.75) is 50.5 Å². The normalized spacial score (nSPS) is 21.1. The summed E-state index contributed by atoms with van der Waals surface area (Å²) in [5.74, 6) is 0.171. The third kappa shape index (κ3) is 3.70. The van der Waals surface area contributed by atoms with E-state index in [9.17, 15) is 4.79 Å². The van der Waals surface area contributed by atoms with E-state index < -0.39 is 5.79 Å². The molecule has 6 nitrogen and oxygen atoms in total. The number of fused-ring (bicyclic) bond motifs is 1. The number of nitrogens with one attached hydrogen (secondary N) is 1. The van der Waals surface area contributed by atoms with Gasteiger partial charge in [0.25, 0.3) is 5.91 Å². The summed E-state index contributed by atoms with van der Waals surface area (Å²) in [7, 11) is 0. The van der Waals surface area contributed by atoms with Crippen LogP contribution in [0.15, 0.2) is 42.5 Å². The van der Waals surface area contributed by atoms with E-state index in [1.165, 1.54) is 19.3 Å². The average Bonchev–Trinajstić information content (AvgIpc) is 2.69. The lowest BCUT2D eigenvalue weighted by molar-refractivity contribution is -0.231. The Morgan fingerprint density at radius 1 is 1.14 bits per heavy atom. The summed E-state index contributed by atoms with van der Waals surface area (Å²) < 4.78 is 12.5. The van der Waals surface area contributed by atoms with Gasteiger partial charge in [-0.3, -0.25) is 9.69 Å². The molecule has 1 spiro atoms. The van der Waals surface area contributed by atoms with Crippen molar-refractivity contribution in [2.75, 3.05) is 24.1 Å². The Morgan fingerprint density at radius 2 is 1.97 bits per heavy atom. The van der Waals surface area contributed by atoms with E-state index in [-0.39, 0.29) is 5.91 Å². The number of carbonyl (C=O) groups excluding carboxylic acids is 1. The quantitative estimate of drug-likeness (QED) is 0.776. The van der Waals surface area contributed by atoms with Crippen LogP contribution in [0.5, 0.6) is 5.75 Å². The molecule has 2 heterocycles. The molecule has 0 unspecified atom stereocenters. The van der Waals surface area contributed by atoms with Crippen molar-refractivity contribution in [3.63, 3.8) is 0 Å². The first-order valence-electron chi connectivity index (χ1n) is 10.5. The van der Waals surface area contributed by atoms with Crippen LogP contribution in [-0.2, 0) is 11.3 Å². The zero-order chi connectivity index (χ0) is 19.8. The van der Waals surface area contributed by atoms with Crippen molar-refractivity contribution >= 4 is 17.3 Å². The maximum Gasteiger partial charge on any atom is 0.255 e. The predicted molar refractivity (Wildman–Crippen MR) is 112 cm³/mol. The molecule has 1 saturated heterocycles. The second kappa shape index (κ2) is 7.35. The van der Waals surface area contributed by atoms with E-state index in [0.717, 1.165) is 49.0 Å². The van der Waals surface area contributed by atoms with Crippen molar-refractivity contribution in [1.82, 2.24) is 4.90 Å². The Kier molecular flexibility index (Phi) is 4.68. The van der Waals surface area contributed by atoms with E-state index >= 15 is 0 Å². The summed E-state index contributed by atoms with van der Waals surface area (Å²) in [4.78, 5) is 15.0. The number of nitrogen functional groups attached to an aromatic ring is 1. The van der Waals surface area contributed by atoms with E-state index in [0.29, 0.717) is 17.9 Å². The fraction of sp³-hybridized carbons (Fsp3) is 0.435. The lowest BCUT2D eigenvalue weighted by Gasteiger charge is -2.47. The van der Waals surface area contributed by atoms with Crippen LogP contribution < -0.4 is 15.8 Å². The first-order valence-corrected chi connectivity index (χ1v) is 10.5. The second-order valence-electron chi connectivity index (χ2n) is 8.32. The molecule has 0 bridgehead atoms. The van der Waals surface area contributed by atoms with Gasteiger partial charge in [0.15, 0.2) is 0 Å². The Hall–Kier alpha value is -2.57. The molecule has 152 valence electrons. The molecular weight excluding hydrogens is 366 g/mol. The Labute approximate surface area is 171 Å². The molecule has 6 heteroatoms. The number of rotatable bonds is 3. The first kappa shape index (κ1) is 18.5. The van der Waals surface area contributed by atoms with Gasteiger partial charge in [0.2, 0.25) is 5.79 Å². The predicted octanol–water partition coefficient (Wildman–Crippen LogP) is 3.77. The van der Waals surface area contributed by atoms with E-state index in [4.69, 9.17) is 15.2 Å². The van der Waals surface area contributed by atoms with Gasteiger partial charge in [-0.05, 0) is 49.2 Å². The molecule has 1 aliphatic carbocycles. The Balaban J connectivity index is 1.24. The van der Waals surface area contributed by atoms with Crippen LogP contribution >= 0.6 is 0 Å². The van der Waals surface area contributed by atoms with E-state index in [1.54, 1.807) is 24.3 Å². The summed E-state index contributed by atoms with van der Waals surface area (Å²) >= 11 is 0. The number of nitrogens with zero attached hydrogens (tertiary/aromatic N) is 1. The maximum atomic E-state index is 12.5. The highest BCUT2D eigenvalue weighted by molar-refractivity contribution is 6.04. The number of anilines is 2. The number of ether oxygens (including phenoxy) is 2. The molecule has 2 aromatic carbocycles. The van der Waals surface area contributed by atoms with Crippen LogP contribution in [0.1, 0.15) is 48.0 Å². The van der Waals surface area contributed by atoms with Crippen molar-refractivity contribution in [1.29, 1.82) is 0 Å². The van der Waals surface area contributed by atoms with Gasteiger partial charge < -0.3 is 20.5 Å². The average molecular weight is 393 g/mol. The van der Waals surface area contributed by atoms with Gasteiger partial charge in [0.1, 0.15) is 5.75 Å². The number of likely N-dealkylation sites (tertiary alicyclic amines) is 1. The van der Waals surface area contributed by atoms with Gasteiger partial charge in [-0.25, -0.2) is 0 Å². The Bertz CT molecular complexity index is 917. The zero-order valence-corrected chi connectivity index (χ0v) is 16.5. The highest BCUT2D eigenvalue weighted by Gasteiger charge is 2.42. The van der Waals surface area contributed by atoms with Gasteiger partial charge in [0, 0.05) is 54.5 Å². The number of benzene rings is 2. The molecule has 0 aromatic heterocycles. The monoisotopic (exact) mass is 393 g/mol. The van der Waals surface area contributed by atoms with Crippen LogP contribution in [0.4, 0.5) is 11.4 Å². The molecule has 3 N–H and O–H groups in total. The molecule has 2 aliphatic heterocycles. The molecule has 0 atom stereocenters. The van der Waals surface area contributed by atoms with Gasteiger partial charge in [-0.2, -0.15) is 0 Å². The highest BCUT2D eigenvalue weighted by atomic mass is 16.7. The Morgan fingerprint density at radius 3 is 2.69 bits per heavy atom. The molecule has 29 heavy (non-hydrogen) atoms. The molecule has 5 rings (SSSR count). The number of hydrogen-bond acceptors (Lipinski definition) is 5. The maximum absolute atomic E-state index is 12.5. The van der Waals surface area contributed by atoms with Crippen LogP contribution in [0.25, 0.3) is 0 Å². The third-order valence-electron chi connectivity index (χ3n) is 6.40. The minimum absolute atomic E-state index is 0.185. The molecular formula is C23H27N3O3. The minimum Gasteiger partial charge on any atom is -0.462 e. The number of hydrogen-bond donors (Lipinski definition) is 2. The zero-order valence-electron chi connectivity index (χ0n) is 16.5. The molecule has 3 aliphatic rings. The molecule has 1 amide bonds. The molecule has 2 aromatic rings. The summed E-state index contributed by atoms with van der Waals surface area (Å²) in [6.07, 6.45) is 5.83. The topological polar surface area (TPSA) is 76.8 Å². The van der Waals surface area contributed by atoms with E-state index in [1.807, 2.05) is 18.2 Å². The number of nitrogens with two attached hydrogens (primary N) is 1. The van der Waals surface area contributed by atoms with Gasteiger partial charge in [-0.1, -0.05) is 12.5 Å². The number of amides is 1. The number of carbonyl (C=O) groups is 1. The van der Waals surface area contributed by atoms with Gasteiger partial charge in [0.05, 0.1) is 6.61 Å². The number of piperidine rings is 1. The second-order valence-corrected chi connectivity index (χ2v) is 8.32. The summed E-state index contributed by atoms with van der Waals surface area (Å²) in [5, 5.41) is 2.93. The van der Waals surface area contributed by atoms with Gasteiger partial charge in [-0.15, -0.1) is 0 Å². The van der Waals surface area contributed by atoms with Crippen LogP contribution in [0.3, 0.4) is 0 Å².